The average molecular weight is 215 g/mol. The second kappa shape index (κ2) is 4.53. The maximum Gasteiger partial charge on any atom is 0.123 e. The van der Waals surface area contributed by atoms with Gasteiger partial charge in [0, 0.05) is 15.5 Å². The SMILES string of the molecule is CCSc1ccc(Cl)cc1C(=N)N. The van der Waals surface area contributed by atoms with Crippen LogP contribution < -0.4 is 5.73 Å². The Morgan fingerprint density at radius 3 is 2.85 bits per heavy atom. The van der Waals surface area contributed by atoms with Gasteiger partial charge in [0.1, 0.15) is 5.84 Å². The molecular formula is C9H11ClN2S. The van der Waals surface area contributed by atoms with Crippen LogP contribution in [0.25, 0.3) is 0 Å². The van der Waals surface area contributed by atoms with Gasteiger partial charge in [0.15, 0.2) is 0 Å². The van der Waals surface area contributed by atoms with Crippen LogP contribution in [0.5, 0.6) is 0 Å². The fourth-order valence-corrected chi connectivity index (χ4v) is 1.97. The zero-order chi connectivity index (χ0) is 9.84. The number of benzene rings is 1. The van der Waals surface area contributed by atoms with E-state index in [1.54, 1.807) is 17.8 Å². The molecule has 0 aromatic heterocycles. The van der Waals surface area contributed by atoms with Gasteiger partial charge < -0.3 is 5.73 Å². The van der Waals surface area contributed by atoms with Gasteiger partial charge in [0.25, 0.3) is 0 Å². The molecule has 2 nitrogen and oxygen atoms in total. The van der Waals surface area contributed by atoms with E-state index in [0.717, 1.165) is 16.2 Å². The van der Waals surface area contributed by atoms with Gasteiger partial charge in [0.2, 0.25) is 0 Å². The zero-order valence-corrected chi connectivity index (χ0v) is 8.88. The van der Waals surface area contributed by atoms with Crippen molar-refractivity contribution in [1.82, 2.24) is 0 Å². The van der Waals surface area contributed by atoms with E-state index in [1.807, 2.05) is 12.1 Å². The third-order valence-corrected chi connectivity index (χ3v) is 2.72. The molecule has 0 aliphatic heterocycles. The number of amidine groups is 1. The summed E-state index contributed by atoms with van der Waals surface area (Å²) in [6, 6.07) is 5.43. The molecule has 0 fully saturated rings. The maximum atomic E-state index is 7.36. The Bertz CT molecular complexity index is 325. The van der Waals surface area contributed by atoms with Crippen LogP contribution >= 0.6 is 23.4 Å². The van der Waals surface area contributed by atoms with Crippen molar-refractivity contribution in [2.24, 2.45) is 5.73 Å². The highest BCUT2D eigenvalue weighted by Crippen LogP contribution is 2.24. The van der Waals surface area contributed by atoms with Crippen LogP contribution in [-0.4, -0.2) is 11.6 Å². The second-order valence-corrected chi connectivity index (χ2v) is 4.23. The van der Waals surface area contributed by atoms with Crippen molar-refractivity contribution in [3.63, 3.8) is 0 Å². The van der Waals surface area contributed by atoms with Gasteiger partial charge in [0.05, 0.1) is 0 Å². The van der Waals surface area contributed by atoms with Crippen LogP contribution in [0.4, 0.5) is 0 Å². The predicted molar refractivity (Wildman–Crippen MR) is 58.9 cm³/mol. The number of hydrogen-bond acceptors (Lipinski definition) is 2. The van der Waals surface area contributed by atoms with Crippen LogP contribution in [0, 0.1) is 5.41 Å². The second-order valence-electron chi connectivity index (χ2n) is 2.49. The Balaban J connectivity index is 3.10. The quantitative estimate of drug-likeness (QED) is 0.462. The minimum atomic E-state index is 0.0680. The average Bonchev–Trinajstić information content (AvgIpc) is 2.08. The minimum Gasteiger partial charge on any atom is -0.384 e. The van der Waals surface area contributed by atoms with E-state index < -0.39 is 0 Å². The number of nitrogens with two attached hydrogens (primary N) is 1. The summed E-state index contributed by atoms with van der Waals surface area (Å²) in [5.41, 5.74) is 6.15. The summed E-state index contributed by atoms with van der Waals surface area (Å²) in [6.07, 6.45) is 0. The smallest absolute Gasteiger partial charge is 0.123 e. The van der Waals surface area contributed by atoms with Gasteiger partial charge in [-0.25, -0.2) is 0 Å². The van der Waals surface area contributed by atoms with Gasteiger partial charge in [-0.15, -0.1) is 11.8 Å². The fourth-order valence-electron chi connectivity index (χ4n) is 0.994. The molecule has 13 heavy (non-hydrogen) atoms. The maximum absolute atomic E-state index is 7.36. The van der Waals surface area contributed by atoms with E-state index in [9.17, 15) is 0 Å². The van der Waals surface area contributed by atoms with E-state index in [4.69, 9.17) is 22.7 Å². The van der Waals surface area contributed by atoms with Gasteiger partial charge in [-0.2, -0.15) is 0 Å². The summed E-state index contributed by atoms with van der Waals surface area (Å²) < 4.78 is 0. The lowest BCUT2D eigenvalue weighted by Gasteiger charge is -2.06. The van der Waals surface area contributed by atoms with Crippen molar-refractivity contribution in [2.45, 2.75) is 11.8 Å². The third-order valence-electron chi connectivity index (χ3n) is 1.53. The molecule has 70 valence electrons. The number of hydrogen-bond donors (Lipinski definition) is 2. The lowest BCUT2D eigenvalue weighted by Crippen LogP contribution is -2.12. The van der Waals surface area contributed by atoms with E-state index in [2.05, 4.69) is 6.92 Å². The number of thioether (sulfide) groups is 1. The largest absolute Gasteiger partial charge is 0.384 e. The molecule has 0 atom stereocenters. The fraction of sp³-hybridized carbons (Fsp3) is 0.222. The summed E-state index contributed by atoms with van der Waals surface area (Å²) >= 11 is 7.46. The first-order chi connectivity index (χ1) is 6.15. The molecule has 0 saturated heterocycles. The molecule has 1 rings (SSSR count). The normalized spacial score (nSPS) is 10.0. The van der Waals surface area contributed by atoms with Crippen molar-refractivity contribution in [3.8, 4) is 0 Å². The standard InChI is InChI=1S/C9H11ClN2S/c1-2-13-8-4-3-6(10)5-7(8)9(11)12/h3-5H,2H2,1H3,(H3,11,12). The Hall–Kier alpha value is -0.670. The van der Waals surface area contributed by atoms with Crippen molar-refractivity contribution < 1.29 is 0 Å². The molecule has 1 aromatic rings. The van der Waals surface area contributed by atoms with Gasteiger partial charge >= 0.3 is 0 Å². The molecule has 0 amide bonds. The lowest BCUT2D eigenvalue weighted by molar-refractivity contribution is 1.34. The zero-order valence-electron chi connectivity index (χ0n) is 7.30. The molecule has 0 unspecified atom stereocenters. The van der Waals surface area contributed by atoms with Gasteiger partial charge in [-0.1, -0.05) is 18.5 Å². The van der Waals surface area contributed by atoms with E-state index in [1.165, 1.54) is 0 Å². The molecule has 0 spiro atoms. The van der Waals surface area contributed by atoms with Gasteiger partial charge in [-0.05, 0) is 24.0 Å². The van der Waals surface area contributed by atoms with Crippen LogP contribution in [0.3, 0.4) is 0 Å². The Labute approximate surface area is 87.0 Å². The molecule has 1 aromatic carbocycles. The molecule has 0 aliphatic rings. The topological polar surface area (TPSA) is 49.9 Å². The molecule has 0 radical (unpaired) electrons. The summed E-state index contributed by atoms with van der Waals surface area (Å²) in [6.45, 7) is 2.06. The highest BCUT2D eigenvalue weighted by atomic mass is 35.5. The van der Waals surface area contributed by atoms with Gasteiger partial charge in [-0.3, -0.25) is 5.41 Å². The van der Waals surface area contributed by atoms with Crippen molar-refractivity contribution in [3.05, 3.63) is 28.8 Å². The van der Waals surface area contributed by atoms with Crippen molar-refractivity contribution in [1.29, 1.82) is 5.41 Å². The van der Waals surface area contributed by atoms with Crippen molar-refractivity contribution in [2.75, 3.05) is 5.75 Å². The number of nitrogens with one attached hydrogen (secondary N) is 1. The molecule has 0 bridgehead atoms. The first-order valence-corrected chi connectivity index (χ1v) is 5.28. The molecule has 3 N–H and O–H groups in total. The highest BCUT2D eigenvalue weighted by molar-refractivity contribution is 7.99. The molecule has 0 aliphatic carbocycles. The molecule has 4 heteroatoms. The number of nitrogen functional groups attached to an aromatic ring is 1. The van der Waals surface area contributed by atoms with Crippen LogP contribution in [0.1, 0.15) is 12.5 Å². The number of rotatable bonds is 3. The third kappa shape index (κ3) is 2.64. The Morgan fingerprint density at radius 2 is 2.31 bits per heavy atom. The molecular weight excluding hydrogens is 204 g/mol. The van der Waals surface area contributed by atoms with E-state index in [0.29, 0.717) is 5.02 Å². The Kier molecular flexibility index (Phi) is 3.63. The summed E-state index contributed by atoms with van der Waals surface area (Å²) in [5, 5.41) is 7.97. The number of halogens is 1. The monoisotopic (exact) mass is 214 g/mol. The minimum absolute atomic E-state index is 0.0680. The molecule has 0 saturated carbocycles. The van der Waals surface area contributed by atoms with Crippen LogP contribution in [0.2, 0.25) is 5.02 Å². The van der Waals surface area contributed by atoms with E-state index >= 15 is 0 Å². The predicted octanol–water partition coefficient (Wildman–Crippen LogP) is 2.74. The van der Waals surface area contributed by atoms with Crippen LogP contribution in [-0.2, 0) is 0 Å². The lowest BCUT2D eigenvalue weighted by atomic mass is 10.2. The molecule has 0 heterocycles. The first-order valence-electron chi connectivity index (χ1n) is 3.92. The first kappa shape index (κ1) is 10.4. The van der Waals surface area contributed by atoms with E-state index in [-0.39, 0.29) is 5.84 Å². The summed E-state index contributed by atoms with van der Waals surface area (Å²) in [4.78, 5) is 1.01. The summed E-state index contributed by atoms with van der Waals surface area (Å²) in [5.74, 6) is 1.03. The summed E-state index contributed by atoms with van der Waals surface area (Å²) in [7, 11) is 0. The van der Waals surface area contributed by atoms with Crippen LogP contribution in [0.15, 0.2) is 23.1 Å². The highest BCUT2D eigenvalue weighted by Gasteiger charge is 2.05. The van der Waals surface area contributed by atoms with Crippen molar-refractivity contribution >= 4 is 29.2 Å². The Morgan fingerprint density at radius 1 is 1.62 bits per heavy atom.